The zero-order chi connectivity index (χ0) is 20.1. The van der Waals surface area contributed by atoms with E-state index in [1.54, 1.807) is 18.6 Å². The molecule has 2 saturated heterocycles. The molecule has 2 aromatic rings. The van der Waals surface area contributed by atoms with E-state index in [9.17, 15) is 9.59 Å². The molecule has 4 rings (SSSR count). The lowest BCUT2D eigenvalue weighted by atomic mass is 10.1. The van der Waals surface area contributed by atoms with Gasteiger partial charge < -0.3 is 15.1 Å². The van der Waals surface area contributed by atoms with E-state index < -0.39 is 6.04 Å². The fourth-order valence-corrected chi connectivity index (χ4v) is 3.93. The first-order valence-electron chi connectivity index (χ1n) is 10.0. The van der Waals surface area contributed by atoms with E-state index in [-0.39, 0.29) is 18.2 Å². The average molecular weight is 394 g/mol. The van der Waals surface area contributed by atoms with Crippen LogP contribution in [-0.4, -0.2) is 76.9 Å². The number of rotatable bonds is 5. The maximum Gasteiger partial charge on any atom is 0.237 e. The van der Waals surface area contributed by atoms with Crippen LogP contribution in [0.25, 0.3) is 0 Å². The Balaban J connectivity index is 1.35. The normalized spacial score (nSPS) is 20.4. The van der Waals surface area contributed by atoms with E-state index in [0.29, 0.717) is 26.2 Å². The largest absolute Gasteiger partial charge is 0.353 e. The first-order valence-corrected chi connectivity index (χ1v) is 10.0. The van der Waals surface area contributed by atoms with Crippen LogP contribution in [-0.2, 0) is 16.1 Å². The number of nitrogens with zero attached hydrogens (tertiary/aromatic N) is 5. The predicted octanol–water partition coefficient (Wildman–Crippen LogP) is 0.516. The topological polar surface area (TPSA) is 81.7 Å². The van der Waals surface area contributed by atoms with Crippen molar-refractivity contribution in [3.63, 3.8) is 0 Å². The maximum atomic E-state index is 12.9. The van der Waals surface area contributed by atoms with Gasteiger partial charge in [0.25, 0.3) is 0 Å². The van der Waals surface area contributed by atoms with Gasteiger partial charge in [-0.3, -0.25) is 19.5 Å². The van der Waals surface area contributed by atoms with Gasteiger partial charge in [0.1, 0.15) is 5.82 Å². The van der Waals surface area contributed by atoms with Gasteiger partial charge in [0.15, 0.2) is 0 Å². The highest BCUT2D eigenvalue weighted by atomic mass is 16.2. The molecule has 0 spiro atoms. The zero-order valence-electron chi connectivity index (χ0n) is 16.4. The lowest BCUT2D eigenvalue weighted by molar-refractivity contribution is -0.139. The lowest BCUT2D eigenvalue weighted by Crippen LogP contribution is -2.57. The van der Waals surface area contributed by atoms with Crippen molar-refractivity contribution < 1.29 is 9.59 Å². The van der Waals surface area contributed by atoms with Gasteiger partial charge in [-0.1, -0.05) is 30.3 Å². The number of aromatic nitrogens is 2. The van der Waals surface area contributed by atoms with Crippen molar-refractivity contribution in [2.24, 2.45) is 0 Å². The molecular formula is C21H26N6O2. The van der Waals surface area contributed by atoms with Crippen LogP contribution in [0.2, 0.25) is 0 Å². The van der Waals surface area contributed by atoms with Crippen molar-refractivity contribution in [1.29, 1.82) is 0 Å². The lowest BCUT2D eigenvalue weighted by Gasteiger charge is -2.38. The Labute approximate surface area is 170 Å². The number of nitrogens with one attached hydrogen (secondary N) is 1. The van der Waals surface area contributed by atoms with Crippen LogP contribution in [0.15, 0.2) is 48.9 Å². The second kappa shape index (κ2) is 9.00. The Morgan fingerprint density at radius 3 is 2.59 bits per heavy atom. The van der Waals surface area contributed by atoms with Gasteiger partial charge >= 0.3 is 0 Å². The molecular weight excluding hydrogens is 368 g/mol. The van der Waals surface area contributed by atoms with Crippen LogP contribution >= 0.6 is 0 Å². The van der Waals surface area contributed by atoms with Crippen molar-refractivity contribution >= 4 is 17.6 Å². The van der Waals surface area contributed by atoms with Crippen LogP contribution in [0.5, 0.6) is 0 Å². The Morgan fingerprint density at radius 2 is 1.86 bits per heavy atom. The van der Waals surface area contributed by atoms with E-state index in [2.05, 4.69) is 37.2 Å². The number of piperazine rings is 2. The molecule has 0 saturated carbocycles. The third-order valence-electron chi connectivity index (χ3n) is 5.54. The highest BCUT2D eigenvalue weighted by molar-refractivity contribution is 5.89. The maximum absolute atomic E-state index is 12.9. The molecule has 8 nitrogen and oxygen atoms in total. The summed E-state index contributed by atoms with van der Waals surface area (Å²) in [7, 11) is 0. The second-order valence-corrected chi connectivity index (χ2v) is 7.40. The summed E-state index contributed by atoms with van der Waals surface area (Å²) in [5, 5.41) is 2.91. The number of carbonyl (C=O) groups is 2. The molecule has 1 N–H and O–H groups in total. The summed E-state index contributed by atoms with van der Waals surface area (Å²) in [6.45, 7) is 4.73. The third-order valence-corrected chi connectivity index (χ3v) is 5.54. The number of carbonyl (C=O) groups excluding carboxylic acids is 2. The van der Waals surface area contributed by atoms with Crippen LogP contribution in [0.1, 0.15) is 12.0 Å². The molecule has 8 heteroatoms. The molecule has 1 unspecified atom stereocenters. The monoisotopic (exact) mass is 394 g/mol. The van der Waals surface area contributed by atoms with Crippen molar-refractivity contribution in [1.82, 2.24) is 25.1 Å². The number of anilines is 1. The van der Waals surface area contributed by atoms with Gasteiger partial charge in [0, 0.05) is 58.2 Å². The first-order chi connectivity index (χ1) is 14.2. The molecule has 0 radical (unpaired) electrons. The molecule has 0 aliphatic carbocycles. The fourth-order valence-electron chi connectivity index (χ4n) is 3.93. The average Bonchev–Trinajstić information content (AvgIpc) is 2.77. The smallest absolute Gasteiger partial charge is 0.237 e. The van der Waals surface area contributed by atoms with E-state index in [1.165, 1.54) is 0 Å². The molecule has 2 aliphatic heterocycles. The Kier molecular flexibility index (Phi) is 6.00. The third kappa shape index (κ3) is 4.71. The Morgan fingerprint density at radius 1 is 1.07 bits per heavy atom. The van der Waals surface area contributed by atoms with Gasteiger partial charge in [-0.05, 0) is 5.56 Å². The summed E-state index contributed by atoms with van der Waals surface area (Å²) < 4.78 is 0. The zero-order valence-corrected chi connectivity index (χ0v) is 16.4. The molecule has 3 heterocycles. The highest BCUT2D eigenvalue weighted by Crippen LogP contribution is 2.17. The number of amides is 2. The van der Waals surface area contributed by atoms with Crippen molar-refractivity contribution in [3.05, 3.63) is 54.5 Å². The van der Waals surface area contributed by atoms with E-state index in [1.807, 2.05) is 23.1 Å². The number of hydrogen-bond donors (Lipinski definition) is 1. The van der Waals surface area contributed by atoms with Gasteiger partial charge in [-0.25, -0.2) is 4.98 Å². The number of hydrogen-bond acceptors (Lipinski definition) is 6. The molecule has 1 atom stereocenters. The van der Waals surface area contributed by atoms with Gasteiger partial charge in [0.2, 0.25) is 11.8 Å². The Bertz CT molecular complexity index is 824. The fraction of sp³-hybridized carbons (Fsp3) is 0.429. The van der Waals surface area contributed by atoms with Gasteiger partial charge in [-0.2, -0.15) is 0 Å². The van der Waals surface area contributed by atoms with Crippen molar-refractivity contribution in [3.8, 4) is 0 Å². The van der Waals surface area contributed by atoms with Crippen molar-refractivity contribution in [2.45, 2.75) is 19.0 Å². The van der Waals surface area contributed by atoms with Crippen LogP contribution < -0.4 is 10.2 Å². The molecule has 1 aromatic carbocycles. The minimum Gasteiger partial charge on any atom is -0.353 e. The minimum atomic E-state index is -0.422. The SMILES string of the molecule is O=C1NCCN(Cc2ccccc2)C1CC(=O)N1CCN(c2cnccn2)CC1. The molecule has 0 bridgehead atoms. The van der Waals surface area contributed by atoms with Gasteiger partial charge in [-0.15, -0.1) is 0 Å². The summed E-state index contributed by atoms with van der Waals surface area (Å²) in [6.07, 6.45) is 5.28. The van der Waals surface area contributed by atoms with Crippen LogP contribution in [0.4, 0.5) is 5.82 Å². The van der Waals surface area contributed by atoms with Gasteiger partial charge in [0.05, 0.1) is 18.7 Å². The van der Waals surface area contributed by atoms with E-state index >= 15 is 0 Å². The number of benzene rings is 1. The molecule has 2 fully saturated rings. The van der Waals surface area contributed by atoms with Crippen molar-refractivity contribution in [2.75, 3.05) is 44.2 Å². The predicted molar refractivity (Wildman–Crippen MR) is 109 cm³/mol. The molecule has 2 amide bonds. The summed E-state index contributed by atoms with van der Waals surface area (Å²) in [5.74, 6) is 0.808. The Hall–Kier alpha value is -3.00. The highest BCUT2D eigenvalue weighted by Gasteiger charge is 2.33. The molecule has 152 valence electrons. The quantitative estimate of drug-likeness (QED) is 0.796. The van der Waals surface area contributed by atoms with Crippen LogP contribution in [0, 0.1) is 0 Å². The molecule has 2 aliphatic rings. The second-order valence-electron chi connectivity index (χ2n) is 7.40. The summed E-state index contributed by atoms with van der Waals surface area (Å²) in [6, 6.07) is 9.66. The van der Waals surface area contributed by atoms with E-state index in [4.69, 9.17) is 0 Å². The minimum absolute atomic E-state index is 0.0314. The standard InChI is InChI=1S/C21H26N6O2/c28-20(26-12-10-25(11-13-26)19-15-22-6-7-23-19)14-18-21(29)24-8-9-27(18)16-17-4-2-1-3-5-17/h1-7,15,18H,8-14,16H2,(H,24,29). The molecule has 29 heavy (non-hydrogen) atoms. The van der Waals surface area contributed by atoms with Crippen LogP contribution in [0.3, 0.4) is 0 Å². The van der Waals surface area contributed by atoms with E-state index in [0.717, 1.165) is 31.0 Å². The summed E-state index contributed by atoms with van der Waals surface area (Å²) >= 11 is 0. The molecule has 1 aromatic heterocycles. The summed E-state index contributed by atoms with van der Waals surface area (Å²) in [4.78, 5) is 40.0. The first kappa shape index (κ1) is 19.3. The summed E-state index contributed by atoms with van der Waals surface area (Å²) in [5.41, 5.74) is 1.15.